The minimum absolute atomic E-state index is 0.0483. The molecule has 0 aromatic heterocycles. The molecule has 0 aliphatic carbocycles. The molecular weight excluding hydrogens is 404 g/mol. The van der Waals surface area contributed by atoms with Crippen molar-refractivity contribution in [3.8, 4) is 0 Å². The van der Waals surface area contributed by atoms with Crippen LogP contribution >= 0.6 is 0 Å². The molecule has 1 fully saturated rings. The summed E-state index contributed by atoms with van der Waals surface area (Å²) in [5.74, 6) is -0.144. The maximum atomic E-state index is 12.7. The van der Waals surface area contributed by atoms with E-state index in [-0.39, 0.29) is 30.8 Å². The molecule has 0 unspecified atom stereocenters. The standard InChI is InChI=1S/C25H32N4O3/c1-28(19-20-9-5-4-6-10-20)25(32)26-16-15-23(30)27-22-13-11-21(12-14-22)24(31)29-17-7-2-3-8-18-29/h4-6,9-14H,2-3,7-8,15-19H2,1H3,(H,26,32)(H,27,30). The molecule has 2 N–H and O–H groups in total. The third kappa shape index (κ3) is 7.11. The molecule has 1 saturated heterocycles. The molecule has 4 amide bonds. The zero-order valence-electron chi connectivity index (χ0n) is 18.7. The molecule has 3 rings (SSSR count). The second kappa shape index (κ2) is 11.9. The van der Waals surface area contributed by atoms with E-state index in [0.29, 0.717) is 17.8 Å². The fourth-order valence-electron chi connectivity index (χ4n) is 3.72. The molecule has 0 saturated carbocycles. The van der Waals surface area contributed by atoms with Gasteiger partial charge in [-0.2, -0.15) is 0 Å². The first-order chi connectivity index (χ1) is 15.5. The fourth-order valence-corrected chi connectivity index (χ4v) is 3.72. The van der Waals surface area contributed by atoms with Gasteiger partial charge in [-0.3, -0.25) is 9.59 Å². The van der Waals surface area contributed by atoms with Gasteiger partial charge in [-0.05, 0) is 42.7 Å². The zero-order chi connectivity index (χ0) is 22.8. The highest BCUT2D eigenvalue weighted by Crippen LogP contribution is 2.15. The van der Waals surface area contributed by atoms with Crippen LogP contribution in [-0.2, 0) is 11.3 Å². The van der Waals surface area contributed by atoms with Gasteiger partial charge >= 0.3 is 6.03 Å². The normalized spacial score (nSPS) is 13.7. The first-order valence-corrected chi connectivity index (χ1v) is 11.2. The van der Waals surface area contributed by atoms with Crippen LogP contribution in [0.3, 0.4) is 0 Å². The van der Waals surface area contributed by atoms with Crippen LogP contribution in [0.5, 0.6) is 0 Å². The van der Waals surface area contributed by atoms with Gasteiger partial charge in [0, 0.05) is 50.9 Å². The molecular formula is C25H32N4O3. The topological polar surface area (TPSA) is 81.8 Å². The zero-order valence-corrected chi connectivity index (χ0v) is 18.7. The van der Waals surface area contributed by atoms with Gasteiger partial charge in [0.1, 0.15) is 0 Å². The molecule has 7 heteroatoms. The number of nitrogens with one attached hydrogen (secondary N) is 2. The van der Waals surface area contributed by atoms with E-state index in [4.69, 9.17) is 0 Å². The molecule has 1 aliphatic heterocycles. The van der Waals surface area contributed by atoms with Crippen molar-refractivity contribution < 1.29 is 14.4 Å². The number of benzene rings is 2. The van der Waals surface area contributed by atoms with Gasteiger partial charge < -0.3 is 20.4 Å². The summed E-state index contributed by atoms with van der Waals surface area (Å²) in [6, 6.07) is 16.5. The van der Waals surface area contributed by atoms with E-state index in [1.54, 1.807) is 36.2 Å². The van der Waals surface area contributed by atoms with Crippen molar-refractivity contribution in [2.24, 2.45) is 0 Å². The Morgan fingerprint density at radius 3 is 2.22 bits per heavy atom. The largest absolute Gasteiger partial charge is 0.339 e. The predicted octanol–water partition coefficient (Wildman–Crippen LogP) is 3.87. The van der Waals surface area contributed by atoms with Crippen LogP contribution in [0.1, 0.15) is 48.0 Å². The maximum Gasteiger partial charge on any atom is 0.317 e. The molecule has 1 heterocycles. The lowest BCUT2D eigenvalue weighted by Crippen LogP contribution is -2.38. The van der Waals surface area contributed by atoms with Crippen LogP contribution in [0.2, 0.25) is 0 Å². The Balaban J connectivity index is 1.40. The number of hydrogen-bond donors (Lipinski definition) is 2. The van der Waals surface area contributed by atoms with Crippen molar-refractivity contribution >= 4 is 23.5 Å². The SMILES string of the molecule is CN(Cc1ccccc1)C(=O)NCCC(=O)Nc1ccc(C(=O)N2CCCCCC2)cc1. The van der Waals surface area contributed by atoms with Crippen molar-refractivity contribution in [3.63, 3.8) is 0 Å². The van der Waals surface area contributed by atoms with Gasteiger partial charge in [-0.15, -0.1) is 0 Å². The Kier molecular flexibility index (Phi) is 8.66. The highest BCUT2D eigenvalue weighted by Gasteiger charge is 2.17. The number of likely N-dealkylation sites (tertiary alicyclic amines) is 1. The summed E-state index contributed by atoms with van der Waals surface area (Å²) in [5, 5.41) is 5.57. The third-order valence-electron chi connectivity index (χ3n) is 5.55. The Morgan fingerprint density at radius 2 is 1.56 bits per heavy atom. The van der Waals surface area contributed by atoms with E-state index < -0.39 is 0 Å². The summed E-state index contributed by atoms with van der Waals surface area (Å²) in [5.41, 5.74) is 2.31. The minimum Gasteiger partial charge on any atom is -0.339 e. The Hall–Kier alpha value is -3.35. The number of carbonyl (C=O) groups is 3. The molecule has 7 nitrogen and oxygen atoms in total. The van der Waals surface area contributed by atoms with E-state index in [1.807, 2.05) is 35.2 Å². The van der Waals surface area contributed by atoms with Gasteiger partial charge in [0.15, 0.2) is 0 Å². The van der Waals surface area contributed by atoms with Crippen LogP contribution in [-0.4, -0.2) is 54.3 Å². The molecule has 0 radical (unpaired) electrons. The van der Waals surface area contributed by atoms with Crippen molar-refractivity contribution in [2.45, 2.75) is 38.6 Å². The van der Waals surface area contributed by atoms with E-state index in [2.05, 4.69) is 10.6 Å². The average Bonchev–Trinajstić information content (AvgIpc) is 3.09. The average molecular weight is 437 g/mol. The van der Waals surface area contributed by atoms with E-state index in [0.717, 1.165) is 31.5 Å². The van der Waals surface area contributed by atoms with E-state index in [9.17, 15) is 14.4 Å². The Morgan fingerprint density at radius 1 is 0.906 bits per heavy atom. The summed E-state index contributed by atoms with van der Waals surface area (Å²) in [6.45, 7) is 2.36. The van der Waals surface area contributed by atoms with Gasteiger partial charge in [0.25, 0.3) is 5.91 Å². The van der Waals surface area contributed by atoms with Gasteiger partial charge in [-0.1, -0.05) is 43.2 Å². The smallest absolute Gasteiger partial charge is 0.317 e. The lowest BCUT2D eigenvalue weighted by Gasteiger charge is -2.20. The van der Waals surface area contributed by atoms with Crippen LogP contribution in [0.25, 0.3) is 0 Å². The number of anilines is 1. The Bertz CT molecular complexity index is 891. The molecule has 2 aromatic carbocycles. The summed E-state index contributed by atoms with van der Waals surface area (Å²) in [7, 11) is 1.72. The highest BCUT2D eigenvalue weighted by atomic mass is 16.2. The van der Waals surface area contributed by atoms with Crippen molar-refractivity contribution in [2.75, 3.05) is 32.0 Å². The second-order valence-electron chi connectivity index (χ2n) is 8.16. The Labute approximate surface area is 189 Å². The molecule has 0 bridgehead atoms. The van der Waals surface area contributed by atoms with Crippen LogP contribution < -0.4 is 10.6 Å². The van der Waals surface area contributed by atoms with E-state index >= 15 is 0 Å². The molecule has 170 valence electrons. The minimum atomic E-state index is -0.224. The lowest BCUT2D eigenvalue weighted by molar-refractivity contribution is -0.116. The van der Waals surface area contributed by atoms with Crippen LogP contribution in [0, 0.1) is 0 Å². The number of hydrogen-bond acceptors (Lipinski definition) is 3. The molecule has 32 heavy (non-hydrogen) atoms. The van der Waals surface area contributed by atoms with Crippen LogP contribution in [0.15, 0.2) is 54.6 Å². The number of urea groups is 1. The third-order valence-corrected chi connectivity index (χ3v) is 5.55. The number of carbonyl (C=O) groups excluding carboxylic acids is 3. The van der Waals surface area contributed by atoms with Crippen molar-refractivity contribution in [3.05, 3.63) is 65.7 Å². The monoisotopic (exact) mass is 436 g/mol. The van der Waals surface area contributed by atoms with Crippen molar-refractivity contribution in [1.29, 1.82) is 0 Å². The maximum absolute atomic E-state index is 12.7. The van der Waals surface area contributed by atoms with Gasteiger partial charge in [0.2, 0.25) is 5.91 Å². The predicted molar refractivity (Wildman–Crippen MR) is 125 cm³/mol. The summed E-state index contributed by atoms with van der Waals surface area (Å²) >= 11 is 0. The molecule has 1 aliphatic rings. The quantitative estimate of drug-likeness (QED) is 0.691. The second-order valence-corrected chi connectivity index (χ2v) is 8.16. The summed E-state index contributed by atoms with van der Waals surface area (Å²) < 4.78 is 0. The van der Waals surface area contributed by atoms with Gasteiger partial charge in [0.05, 0.1) is 0 Å². The van der Waals surface area contributed by atoms with Crippen molar-refractivity contribution in [1.82, 2.24) is 15.1 Å². The number of amides is 4. The van der Waals surface area contributed by atoms with Gasteiger partial charge in [-0.25, -0.2) is 4.79 Å². The first kappa shape index (κ1) is 23.3. The first-order valence-electron chi connectivity index (χ1n) is 11.2. The summed E-state index contributed by atoms with van der Waals surface area (Å²) in [6.07, 6.45) is 4.63. The highest BCUT2D eigenvalue weighted by molar-refractivity contribution is 5.96. The van der Waals surface area contributed by atoms with E-state index in [1.165, 1.54) is 12.8 Å². The molecule has 2 aromatic rings. The fraction of sp³-hybridized carbons (Fsp3) is 0.400. The van der Waals surface area contributed by atoms with Crippen LogP contribution in [0.4, 0.5) is 10.5 Å². The number of nitrogens with zero attached hydrogens (tertiary/aromatic N) is 2. The number of rotatable bonds is 7. The molecule has 0 spiro atoms. The summed E-state index contributed by atoms with van der Waals surface area (Å²) in [4.78, 5) is 40.5. The molecule has 0 atom stereocenters. The lowest BCUT2D eigenvalue weighted by atomic mass is 10.1.